The molecule has 0 bridgehead atoms. The molecule has 0 radical (unpaired) electrons. The first-order valence-electron chi connectivity index (χ1n) is 11.6. The van der Waals surface area contributed by atoms with E-state index >= 15 is 0 Å². The van der Waals surface area contributed by atoms with Gasteiger partial charge in [0.05, 0.1) is 11.1 Å². The van der Waals surface area contributed by atoms with Crippen LogP contribution in [-0.2, 0) is 6.18 Å². The number of carboxylic acid groups (broad SMARTS) is 1. The number of halogens is 3. The van der Waals surface area contributed by atoms with Crippen LogP contribution in [0.25, 0.3) is 11.1 Å². The molecular formula is C28H27F3O3. The molecule has 1 fully saturated rings. The summed E-state index contributed by atoms with van der Waals surface area (Å²) in [7, 11) is 0. The van der Waals surface area contributed by atoms with Gasteiger partial charge in [-0.15, -0.1) is 0 Å². The van der Waals surface area contributed by atoms with Gasteiger partial charge in [-0.25, -0.2) is 4.79 Å². The van der Waals surface area contributed by atoms with Crippen molar-refractivity contribution >= 4 is 5.97 Å². The maximum absolute atomic E-state index is 12.9. The van der Waals surface area contributed by atoms with Crippen molar-refractivity contribution in [3.63, 3.8) is 0 Å². The van der Waals surface area contributed by atoms with E-state index in [1.165, 1.54) is 43.5 Å². The minimum absolute atomic E-state index is 0.195. The Morgan fingerprint density at radius 1 is 0.912 bits per heavy atom. The highest BCUT2D eigenvalue weighted by Gasteiger charge is 2.30. The van der Waals surface area contributed by atoms with Crippen molar-refractivity contribution in [2.45, 2.75) is 50.8 Å². The van der Waals surface area contributed by atoms with Crippen molar-refractivity contribution in [3.05, 3.63) is 89.5 Å². The topological polar surface area (TPSA) is 46.5 Å². The van der Waals surface area contributed by atoms with Gasteiger partial charge in [0.1, 0.15) is 11.9 Å². The van der Waals surface area contributed by atoms with Gasteiger partial charge >= 0.3 is 12.1 Å². The van der Waals surface area contributed by atoms with Gasteiger partial charge in [-0.05, 0) is 71.5 Å². The van der Waals surface area contributed by atoms with E-state index in [0.717, 1.165) is 42.5 Å². The van der Waals surface area contributed by atoms with E-state index in [9.17, 15) is 18.0 Å². The van der Waals surface area contributed by atoms with E-state index in [4.69, 9.17) is 9.84 Å². The van der Waals surface area contributed by atoms with Crippen LogP contribution in [0, 0.1) is 5.92 Å². The number of carboxylic acids is 1. The van der Waals surface area contributed by atoms with E-state index in [1.807, 2.05) is 24.3 Å². The fraction of sp³-hybridized carbons (Fsp3) is 0.321. The highest BCUT2D eigenvalue weighted by atomic mass is 19.4. The Bertz CT molecular complexity index is 1100. The Kier molecular flexibility index (Phi) is 7.25. The summed E-state index contributed by atoms with van der Waals surface area (Å²) in [5, 5.41) is 9.15. The lowest BCUT2D eigenvalue weighted by atomic mass is 9.84. The fourth-order valence-electron chi connectivity index (χ4n) is 4.59. The average Bonchev–Trinajstić information content (AvgIpc) is 2.84. The Morgan fingerprint density at radius 2 is 1.59 bits per heavy atom. The molecule has 1 atom stereocenters. The quantitative estimate of drug-likeness (QED) is 0.380. The Morgan fingerprint density at radius 3 is 2.21 bits per heavy atom. The first-order valence-corrected chi connectivity index (χ1v) is 11.6. The van der Waals surface area contributed by atoms with E-state index in [1.54, 1.807) is 12.1 Å². The molecule has 1 saturated carbocycles. The Hall–Kier alpha value is -3.28. The van der Waals surface area contributed by atoms with Crippen LogP contribution in [0.15, 0.2) is 72.8 Å². The molecule has 1 aliphatic carbocycles. The summed E-state index contributed by atoms with van der Waals surface area (Å²) in [4.78, 5) is 11.2. The maximum atomic E-state index is 12.9. The van der Waals surface area contributed by atoms with Gasteiger partial charge in [-0.1, -0.05) is 62.4 Å². The van der Waals surface area contributed by atoms with Crippen molar-refractivity contribution < 1.29 is 27.8 Å². The van der Waals surface area contributed by atoms with E-state index < -0.39 is 17.7 Å². The van der Waals surface area contributed by atoms with Crippen LogP contribution in [-0.4, -0.2) is 11.1 Å². The molecule has 0 spiro atoms. The zero-order valence-corrected chi connectivity index (χ0v) is 18.7. The number of rotatable bonds is 7. The standard InChI is InChI=1S/C28H27F3O3/c29-28(30,31)24-13-9-20(10-14-24)22-7-4-8-23(18-22)26(17-19-5-2-1-3-6-19)34-25-15-11-21(12-16-25)27(32)33/h4,7-16,18-19,26H,1-3,5-6,17H2,(H,32,33)/t26-/m0/s1. The molecule has 3 nitrogen and oxygen atoms in total. The molecule has 3 aromatic carbocycles. The first kappa shape index (κ1) is 23.9. The van der Waals surface area contributed by atoms with Crippen molar-refractivity contribution in [1.29, 1.82) is 0 Å². The number of alkyl halides is 3. The molecule has 0 amide bonds. The van der Waals surface area contributed by atoms with Crippen LogP contribution < -0.4 is 4.74 Å². The molecule has 1 N–H and O–H groups in total. The number of ether oxygens (including phenoxy) is 1. The number of hydrogen-bond donors (Lipinski definition) is 1. The molecular weight excluding hydrogens is 441 g/mol. The van der Waals surface area contributed by atoms with E-state index in [0.29, 0.717) is 17.2 Å². The lowest BCUT2D eigenvalue weighted by molar-refractivity contribution is -0.137. The lowest BCUT2D eigenvalue weighted by Crippen LogP contribution is -2.16. The Balaban J connectivity index is 1.60. The van der Waals surface area contributed by atoms with Crippen molar-refractivity contribution in [3.8, 4) is 16.9 Å². The van der Waals surface area contributed by atoms with Crippen LogP contribution in [0.3, 0.4) is 0 Å². The summed E-state index contributed by atoms with van der Waals surface area (Å²) in [5.74, 6) is 0.132. The van der Waals surface area contributed by atoms with Crippen LogP contribution >= 0.6 is 0 Å². The van der Waals surface area contributed by atoms with Gasteiger partial charge in [0.2, 0.25) is 0 Å². The molecule has 34 heavy (non-hydrogen) atoms. The number of aromatic carboxylic acids is 1. The van der Waals surface area contributed by atoms with Crippen LogP contribution in [0.2, 0.25) is 0 Å². The predicted octanol–water partition coefficient (Wildman–Crippen LogP) is 8.16. The monoisotopic (exact) mass is 468 g/mol. The van der Waals surface area contributed by atoms with Gasteiger partial charge < -0.3 is 9.84 Å². The summed E-state index contributed by atoms with van der Waals surface area (Å²) in [6, 6.07) is 19.3. The highest BCUT2D eigenvalue weighted by Crippen LogP contribution is 2.36. The zero-order chi connectivity index (χ0) is 24.1. The van der Waals surface area contributed by atoms with Gasteiger partial charge in [-0.3, -0.25) is 0 Å². The van der Waals surface area contributed by atoms with Gasteiger partial charge in [0, 0.05) is 0 Å². The highest BCUT2D eigenvalue weighted by molar-refractivity contribution is 5.87. The second-order valence-electron chi connectivity index (χ2n) is 8.88. The number of carbonyl (C=O) groups is 1. The first-order chi connectivity index (χ1) is 16.3. The average molecular weight is 469 g/mol. The molecule has 0 unspecified atom stereocenters. The lowest BCUT2D eigenvalue weighted by Gasteiger charge is -2.28. The molecule has 0 heterocycles. The van der Waals surface area contributed by atoms with E-state index in [2.05, 4.69) is 0 Å². The normalized spacial score (nSPS) is 15.6. The van der Waals surface area contributed by atoms with Gasteiger partial charge in [-0.2, -0.15) is 13.2 Å². The second-order valence-corrected chi connectivity index (χ2v) is 8.88. The zero-order valence-electron chi connectivity index (χ0n) is 18.7. The molecule has 0 aliphatic heterocycles. The Labute approximate surface area is 197 Å². The van der Waals surface area contributed by atoms with Crippen LogP contribution in [0.5, 0.6) is 5.75 Å². The van der Waals surface area contributed by atoms with Gasteiger partial charge in [0.15, 0.2) is 0 Å². The summed E-state index contributed by atoms with van der Waals surface area (Å²) in [6.07, 6.45) is 2.18. The fourth-order valence-corrected chi connectivity index (χ4v) is 4.59. The summed E-state index contributed by atoms with van der Waals surface area (Å²) in [6.45, 7) is 0. The van der Waals surface area contributed by atoms with Crippen molar-refractivity contribution in [2.75, 3.05) is 0 Å². The van der Waals surface area contributed by atoms with Crippen LogP contribution in [0.4, 0.5) is 13.2 Å². The number of benzene rings is 3. The molecule has 0 aromatic heterocycles. The molecule has 178 valence electrons. The molecule has 3 aromatic rings. The molecule has 4 rings (SSSR count). The van der Waals surface area contributed by atoms with Crippen LogP contribution in [0.1, 0.15) is 66.1 Å². The number of hydrogen-bond acceptors (Lipinski definition) is 2. The SMILES string of the molecule is O=C(O)c1ccc(O[C@@H](CC2CCCCC2)c2cccc(-c3ccc(C(F)(F)F)cc3)c2)cc1. The van der Waals surface area contributed by atoms with Crippen molar-refractivity contribution in [1.82, 2.24) is 0 Å². The van der Waals surface area contributed by atoms with Gasteiger partial charge in [0.25, 0.3) is 0 Å². The minimum Gasteiger partial charge on any atom is -0.486 e. The second kappa shape index (κ2) is 10.3. The maximum Gasteiger partial charge on any atom is 0.416 e. The third-order valence-corrected chi connectivity index (χ3v) is 6.46. The minimum atomic E-state index is -4.37. The summed E-state index contributed by atoms with van der Waals surface area (Å²) < 4.78 is 45.2. The predicted molar refractivity (Wildman–Crippen MR) is 125 cm³/mol. The largest absolute Gasteiger partial charge is 0.486 e. The summed E-state index contributed by atoms with van der Waals surface area (Å²) in [5.41, 5.74) is 2.00. The van der Waals surface area contributed by atoms with E-state index in [-0.39, 0.29) is 11.7 Å². The molecule has 1 aliphatic rings. The smallest absolute Gasteiger partial charge is 0.416 e. The third-order valence-electron chi connectivity index (χ3n) is 6.46. The molecule has 0 saturated heterocycles. The van der Waals surface area contributed by atoms with Crippen molar-refractivity contribution in [2.24, 2.45) is 5.92 Å². The summed E-state index contributed by atoms with van der Waals surface area (Å²) >= 11 is 0. The molecule has 6 heteroatoms. The third kappa shape index (κ3) is 5.99.